The van der Waals surface area contributed by atoms with Gasteiger partial charge in [0.25, 0.3) is 0 Å². The van der Waals surface area contributed by atoms with Gasteiger partial charge in [-0.1, -0.05) is 18.2 Å². The van der Waals surface area contributed by atoms with Crippen molar-refractivity contribution < 1.29 is 9.47 Å². The Morgan fingerprint density at radius 1 is 1.32 bits per heavy atom. The molecule has 0 saturated carbocycles. The van der Waals surface area contributed by atoms with Crippen LogP contribution in [0.1, 0.15) is 17.7 Å². The van der Waals surface area contributed by atoms with Gasteiger partial charge in [-0.05, 0) is 42.5 Å². The van der Waals surface area contributed by atoms with E-state index in [1.807, 2.05) is 0 Å². The maximum atomic E-state index is 6.17. The number of fused-ring (bicyclic) bond motifs is 4. The Kier molecular flexibility index (Phi) is 4.49. The number of methoxy groups -OCH3 is 1. The number of anilines is 2. The topological polar surface area (TPSA) is 84.1 Å². The lowest BCUT2D eigenvalue weighted by Crippen LogP contribution is -2.36. The quantitative estimate of drug-likeness (QED) is 0.583. The molecule has 3 heterocycles. The average molecular weight is 400 g/mol. The smallest absolute Gasteiger partial charge is 0.226 e. The molecule has 0 unspecified atom stereocenters. The maximum Gasteiger partial charge on any atom is 0.226 e. The fourth-order valence-corrected chi connectivity index (χ4v) is 4.32. The molecule has 2 aromatic heterocycles. The van der Waals surface area contributed by atoms with E-state index in [0.29, 0.717) is 30.6 Å². The van der Waals surface area contributed by atoms with Crippen molar-refractivity contribution in [1.29, 1.82) is 0 Å². The van der Waals surface area contributed by atoms with Crippen LogP contribution in [0.25, 0.3) is 10.9 Å². The Morgan fingerprint density at radius 2 is 2.21 bits per heavy atom. The lowest BCUT2D eigenvalue weighted by molar-refractivity contribution is 0.154. The summed E-state index contributed by atoms with van der Waals surface area (Å²) in [7, 11) is 1.67. The van der Waals surface area contributed by atoms with Crippen LogP contribution in [0.3, 0.4) is 0 Å². The molecule has 146 valence electrons. The van der Waals surface area contributed by atoms with E-state index in [4.69, 9.17) is 21.1 Å². The number of aromatic nitrogens is 3. The van der Waals surface area contributed by atoms with E-state index in [1.165, 1.54) is 22.2 Å². The number of nitrogens with one attached hydrogen (secondary N) is 3. The second-order valence-corrected chi connectivity index (χ2v) is 7.68. The van der Waals surface area contributed by atoms with E-state index >= 15 is 0 Å². The highest BCUT2D eigenvalue weighted by Gasteiger charge is 2.28. The minimum absolute atomic E-state index is 0.0415. The number of aryl methyl sites for hydroxylation is 1. The molecule has 0 spiro atoms. The number of H-pyrrole nitrogens is 1. The molecule has 7 nitrogen and oxygen atoms in total. The normalized spacial score (nSPS) is 20.8. The molecule has 2 aliphatic rings. The van der Waals surface area contributed by atoms with E-state index in [9.17, 15) is 0 Å². The van der Waals surface area contributed by atoms with Gasteiger partial charge in [0.15, 0.2) is 11.6 Å². The van der Waals surface area contributed by atoms with Crippen LogP contribution in [0.4, 0.5) is 11.6 Å². The summed E-state index contributed by atoms with van der Waals surface area (Å²) in [5.74, 6) is 1.88. The monoisotopic (exact) mass is 399 g/mol. The van der Waals surface area contributed by atoms with Crippen LogP contribution in [0.2, 0.25) is 5.28 Å². The third-order valence-electron chi connectivity index (χ3n) is 5.41. The van der Waals surface area contributed by atoms with Crippen LogP contribution < -0.4 is 15.4 Å². The molecule has 0 saturated heterocycles. The zero-order valence-corrected chi connectivity index (χ0v) is 16.3. The number of aromatic amines is 1. The maximum absolute atomic E-state index is 6.17. The Hall–Kier alpha value is -2.51. The fourth-order valence-electron chi connectivity index (χ4n) is 4.15. The van der Waals surface area contributed by atoms with Crippen molar-refractivity contribution in [2.75, 3.05) is 31.0 Å². The second-order valence-electron chi connectivity index (χ2n) is 7.34. The van der Waals surface area contributed by atoms with Crippen LogP contribution in [0.15, 0.2) is 24.3 Å². The van der Waals surface area contributed by atoms with E-state index < -0.39 is 0 Å². The summed E-state index contributed by atoms with van der Waals surface area (Å²) in [6.07, 6.45) is 2.93. The number of hydrogen-bond donors (Lipinski definition) is 3. The fraction of sp³-hybridized carbons (Fsp3) is 0.400. The molecule has 0 fully saturated rings. The molecule has 28 heavy (non-hydrogen) atoms. The predicted molar refractivity (Wildman–Crippen MR) is 110 cm³/mol. The number of hydrogen-bond acceptors (Lipinski definition) is 6. The second kappa shape index (κ2) is 7.14. The number of benzene rings is 1. The molecule has 8 heteroatoms. The van der Waals surface area contributed by atoms with Crippen molar-refractivity contribution in [2.24, 2.45) is 0 Å². The van der Waals surface area contributed by atoms with Gasteiger partial charge in [0.05, 0.1) is 12.6 Å². The standard InChI is InChI=1S/C20H22ClN5O2/c1-27-9-12-10-28-17-18(25-20(21)26-19(17)23-12)22-11-6-7-16-14(8-11)13-4-2-3-5-15(13)24-16/h2-5,11-12,24H,6-10H2,1H3,(H2,22,23,25,26)/t11-,12-/m1/s1. The van der Waals surface area contributed by atoms with Crippen LogP contribution in [0.5, 0.6) is 5.75 Å². The minimum Gasteiger partial charge on any atom is -0.484 e. The molecule has 3 aromatic rings. The molecule has 2 atom stereocenters. The average Bonchev–Trinajstić information content (AvgIpc) is 3.06. The van der Waals surface area contributed by atoms with Crippen molar-refractivity contribution in [1.82, 2.24) is 15.0 Å². The first-order valence-corrected chi connectivity index (χ1v) is 9.90. The van der Waals surface area contributed by atoms with Crippen molar-refractivity contribution in [2.45, 2.75) is 31.3 Å². The van der Waals surface area contributed by atoms with Crippen LogP contribution >= 0.6 is 11.6 Å². The zero-order chi connectivity index (χ0) is 19.1. The highest BCUT2D eigenvalue weighted by atomic mass is 35.5. The van der Waals surface area contributed by atoms with Crippen molar-refractivity contribution in [3.05, 3.63) is 40.8 Å². The SMILES string of the molecule is COC[C@@H]1COc2c(nc(Cl)nc2N[C@@H]2CCc3[nH]c4ccccc4c3C2)N1. The number of ether oxygens (including phenoxy) is 2. The van der Waals surface area contributed by atoms with Crippen LogP contribution in [-0.2, 0) is 17.6 Å². The van der Waals surface area contributed by atoms with Crippen LogP contribution in [-0.4, -0.2) is 47.4 Å². The number of halogens is 1. The molecule has 0 amide bonds. The lowest BCUT2D eigenvalue weighted by atomic mass is 9.91. The molecule has 1 aliphatic carbocycles. The molecule has 1 aromatic carbocycles. The minimum atomic E-state index is 0.0415. The van der Waals surface area contributed by atoms with E-state index in [-0.39, 0.29) is 17.4 Å². The van der Waals surface area contributed by atoms with Gasteiger partial charge in [0.2, 0.25) is 11.0 Å². The highest BCUT2D eigenvalue weighted by Crippen LogP contribution is 2.37. The number of rotatable bonds is 4. The van der Waals surface area contributed by atoms with E-state index in [2.05, 4.69) is 49.9 Å². The van der Waals surface area contributed by atoms with E-state index in [0.717, 1.165) is 19.3 Å². The van der Waals surface area contributed by atoms with Crippen molar-refractivity contribution in [3.8, 4) is 5.75 Å². The summed E-state index contributed by atoms with van der Waals surface area (Å²) in [6, 6.07) is 8.76. The number of para-hydroxylation sites is 1. The van der Waals surface area contributed by atoms with Crippen molar-refractivity contribution in [3.63, 3.8) is 0 Å². The third kappa shape index (κ3) is 3.14. The summed E-state index contributed by atoms with van der Waals surface area (Å²) >= 11 is 6.17. The highest BCUT2D eigenvalue weighted by molar-refractivity contribution is 6.28. The molecule has 3 N–H and O–H groups in total. The molecule has 1 aliphatic heterocycles. The molecule has 5 rings (SSSR count). The first-order chi connectivity index (χ1) is 13.7. The summed E-state index contributed by atoms with van der Waals surface area (Å²) in [5.41, 5.74) is 3.92. The number of nitrogens with zero attached hydrogens (tertiary/aromatic N) is 2. The molecular weight excluding hydrogens is 378 g/mol. The van der Waals surface area contributed by atoms with Crippen molar-refractivity contribution >= 4 is 34.1 Å². The Morgan fingerprint density at radius 3 is 3.11 bits per heavy atom. The van der Waals surface area contributed by atoms with Gasteiger partial charge in [-0.15, -0.1) is 0 Å². The Bertz CT molecular complexity index is 1020. The summed E-state index contributed by atoms with van der Waals surface area (Å²) in [5, 5.41) is 8.36. The third-order valence-corrected chi connectivity index (χ3v) is 5.58. The summed E-state index contributed by atoms with van der Waals surface area (Å²) < 4.78 is 11.1. The lowest BCUT2D eigenvalue weighted by Gasteiger charge is -2.29. The van der Waals surface area contributed by atoms with Gasteiger partial charge in [0, 0.05) is 29.7 Å². The van der Waals surface area contributed by atoms with Gasteiger partial charge < -0.3 is 25.1 Å². The zero-order valence-electron chi connectivity index (χ0n) is 15.6. The van der Waals surface area contributed by atoms with Crippen LogP contribution in [0, 0.1) is 0 Å². The summed E-state index contributed by atoms with van der Waals surface area (Å²) in [6.45, 7) is 1.04. The summed E-state index contributed by atoms with van der Waals surface area (Å²) in [4.78, 5) is 12.2. The molecular formula is C20H22ClN5O2. The Labute approximate surface area is 167 Å². The van der Waals surface area contributed by atoms with Gasteiger partial charge in [-0.25, -0.2) is 0 Å². The van der Waals surface area contributed by atoms with Gasteiger partial charge in [-0.3, -0.25) is 0 Å². The van der Waals surface area contributed by atoms with Gasteiger partial charge in [-0.2, -0.15) is 9.97 Å². The molecule has 0 radical (unpaired) electrons. The van der Waals surface area contributed by atoms with E-state index in [1.54, 1.807) is 7.11 Å². The van der Waals surface area contributed by atoms with Gasteiger partial charge >= 0.3 is 0 Å². The first kappa shape index (κ1) is 17.6. The first-order valence-electron chi connectivity index (χ1n) is 9.52. The molecule has 0 bridgehead atoms. The largest absolute Gasteiger partial charge is 0.484 e. The Balaban J connectivity index is 1.40. The van der Waals surface area contributed by atoms with Gasteiger partial charge in [0.1, 0.15) is 6.61 Å². The predicted octanol–water partition coefficient (Wildman–Crippen LogP) is 3.40.